The zero-order chi connectivity index (χ0) is 15.0. The van der Waals surface area contributed by atoms with E-state index in [0.717, 1.165) is 11.1 Å². The topological polar surface area (TPSA) is 63.3 Å². The van der Waals surface area contributed by atoms with Crippen LogP contribution >= 0.6 is 0 Å². The largest absolute Gasteiger partial charge is 0.481 e. The minimum atomic E-state index is -0.879. The minimum absolute atomic E-state index is 0.509. The van der Waals surface area contributed by atoms with Gasteiger partial charge in [-0.2, -0.15) is 0 Å². The predicted octanol–water partition coefficient (Wildman–Crippen LogP) is 3.99. The second-order valence-electron chi connectivity index (χ2n) is 5.14. The summed E-state index contributed by atoms with van der Waals surface area (Å²) in [5.74, 6) is -1.00. The van der Waals surface area contributed by atoms with Gasteiger partial charge in [-0.15, -0.1) is 0 Å². The van der Waals surface area contributed by atoms with Crippen LogP contribution in [0.4, 0.5) is 0 Å². The molecule has 0 fully saturated rings. The molecular formula is C17H15NO3. The summed E-state index contributed by atoms with van der Waals surface area (Å²) in [5.41, 5.74) is 3.91. The lowest BCUT2D eigenvalue weighted by molar-refractivity contribution is -0.138. The van der Waals surface area contributed by atoms with E-state index in [1.165, 1.54) is 0 Å². The molecule has 0 aliphatic rings. The third-order valence-corrected chi connectivity index (χ3v) is 3.58. The van der Waals surface area contributed by atoms with Gasteiger partial charge in [0.05, 0.1) is 5.92 Å². The van der Waals surface area contributed by atoms with E-state index in [0.29, 0.717) is 22.6 Å². The third kappa shape index (κ3) is 2.40. The van der Waals surface area contributed by atoms with Crippen molar-refractivity contribution in [3.63, 3.8) is 0 Å². The van der Waals surface area contributed by atoms with Gasteiger partial charge < -0.3 is 9.52 Å². The fourth-order valence-corrected chi connectivity index (χ4v) is 2.26. The molecule has 1 atom stereocenters. The highest BCUT2D eigenvalue weighted by atomic mass is 16.4. The summed E-state index contributed by atoms with van der Waals surface area (Å²) < 4.78 is 5.82. The van der Waals surface area contributed by atoms with Gasteiger partial charge >= 0.3 is 5.97 Å². The van der Waals surface area contributed by atoms with E-state index in [4.69, 9.17) is 4.42 Å². The smallest absolute Gasteiger partial charge is 0.310 e. The number of aryl methyl sites for hydroxylation is 1. The van der Waals surface area contributed by atoms with Gasteiger partial charge in [0.2, 0.25) is 5.89 Å². The molecular weight excluding hydrogens is 266 g/mol. The highest BCUT2D eigenvalue weighted by Gasteiger charge is 2.20. The van der Waals surface area contributed by atoms with Gasteiger partial charge in [0, 0.05) is 11.1 Å². The van der Waals surface area contributed by atoms with Gasteiger partial charge in [0.15, 0.2) is 5.58 Å². The molecule has 4 nitrogen and oxygen atoms in total. The number of hydrogen-bond acceptors (Lipinski definition) is 3. The zero-order valence-electron chi connectivity index (χ0n) is 11.8. The summed E-state index contributed by atoms with van der Waals surface area (Å²) in [6, 6.07) is 13.3. The number of rotatable bonds is 3. The van der Waals surface area contributed by atoms with E-state index in [2.05, 4.69) is 4.98 Å². The molecule has 0 saturated carbocycles. The maximum atomic E-state index is 11.2. The molecule has 0 amide bonds. The van der Waals surface area contributed by atoms with Crippen molar-refractivity contribution in [3.8, 4) is 11.5 Å². The number of hydrogen-bond donors (Lipinski definition) is 1. The van der Waals surface area contributed by atoms with Crippen molar-refractivity contribution in [2.75, 3.05) is 0 Å². The predicted molar refractivity (Wildman–Crippen MR) is 80.2 cm³/mol. The zero-order valence-corrected chi connectivity index (χ0v) is 11.8. The Bertz CT molecular complexity index is 803. The Morgan fingerprint density at radius 3 is 2.57 bits per heavy atom. The summed E-state index contributed by atoms with van der Waals surface area (Å²) in [4.78, 5) is 15.7. The lowest BCUT2D eigenvalue weighted by Gasteiger charge is -2.05. The standard InChI is InChI=1S/C17H15NO3/c1-10-6-8-12(9-7-10)16-18-14-5-3-4-13(15(14)21-16)11(2)17(19)20/h3-9,11H,1-2H3,(H,19,20)/t11-/m1/s1. The van der Waals surface area contributed by atoms with Crippen molar-refractivity contribution in [1.82, 2.24) is 4.98 Å². The SMILES string of the molecule is Cc1ccc(-c2nc3cccc([C@@H](C)C(=O)O)c3o2)cc1. The molecule has 106 valence electrons. The summed E-state index contributed by atoms with van der Waals surface area (Å²) in [5, 5.41) is 9.19. The average molecular weight is 281 g/mol. The number of nitrogens with zero attached hydrogens (tertiary/aromatic N) is 1. The monoisotopic (exact) mass is 281 g/mol. The van der Waals surface area contributed by atoms with Crippen molar-refractivity contribution in [3.05, 3.63) is 53.6 Å². The van der Waals surface area contributed by atoms with Crippen LogP contribution in [-0.2, 0) is 4.79 Å². The fraction of sp³-hybridized carbons (Fsp3) is 0.176. The Kier molecular flexibility index (Phi) is 3.22. The maximum absolute atomic E-state index is 11.2. The number of carboxylic acids is 1. The normalized spacial score (nSPS) is 12.5. The molecule has 21 heavy (non-hydrogen) atoms. The first-order valence-corrected chi connectivity index (χ1v) is 6.75. The summed E-state index contributed by atoms with van der Waals surface area (Å²) in [6.07, 6.45) is 0. The molecule has 2 aromatic carbocycles. The Labute approximate surface area is 122 Å². The summed E-state index contributed by atoms with van der Waals surface area (Å²) >= 11 is 0. The quantitative estimate of drug-likeness (QED) is 0.788. The highest BCUT2D eigenvalue weighted by molar-refractivity contribution is 5.86. The van der Waals surface area contributed by atoms with E-state index in [1.54, 1.807) is 19.1 Å². The molecule has 0 unspecified atom stereocenters. The maximum Gasteiger partial charge on any atom is 0.310 e. The van der Waals surface area contributed by atoms with Gasteiger partial charge in [-0.1, -0.05) is 29.8 Å². The molecule has 3 rings (SSSR count). The van der Waals surface area contributed by atoms with Crippen LogP contribution in [0.3, 0.4) is 0 Å². The molecule has 4 heteroatoms. The Morgan fingerprint density at radius 2 is 1.90 bits per heavy atom. The van der Waals surface area contributed by atoms with Crippen LogP contribution < -0.4 is 0 Å². The van der Waals surface area contributed by atoms with E-state index < -0.39 is 11.9 Å². The van der Waals surface area contributed by atoms with Crippen LogP contribution in [0, 0.1) is 6.92 Å². The van der Waals surface area contributed by atoms with Gasteiger partial charge in [0.1, 0.15) is 5.52 Å². The summed E-state index contributed by atoms with van der Waals surface area (Å²) in [7, 11) is 0. The van der Waals surface area contributed by atoms with Gasteiger partial charge in [0.25, 0.3) is 0 Å². The van der Waals surface area contributed by atoms with Crippen LogP contribution in [0.1, 0.15) is 24.0 Å². The van der Waals surface area contributed by atoms with Crippen LogP contribution in [0.15, 0.2) is 46.9 Å². The Balaban J connectivity index is 2.14. The number of carbonyl (C=O) groups is 1. The number of benzene rings is 2. The van der Waals surface area contributed by atoms with Crippen LogP contribution in [0.5, 0.6) is 0 Å². The number of aliphatic carboxylic acids is 1. The molecule has 1 aromatic heterocycles. The molecule has 0 aliphatic heterocycles. The minimum Gasteiger partial charge on any atom is -0.481 e. The molecule has 0 radical (unpaired) electrons. The number of fused-ring (bicyclic) bond motifs is 1. The summed E-state index contributed by atoms with van der Waals surface area (Å²) in [6.45, 7) is 3.66. The van der Waals surface area contributed by atoms with Crippen LogP contribution in [-0.4, -0.2) is 16.1 Å². The highest BCUT2D eigenvalue weighted by Crippen LogP contribution is 2.30. The van der Waals surface area contributed by atoms with Crippen molar-refractivity contribution in [2.45, 2.75) is 19.8 Å². The number of oxazole rings is 1. The molecule has 3 aromatic rings. The molecule has 1 N–H and O–H groups in total. The van der Waals surface area contributed by atoms with Crippen LogP contribution in [0.25, 0.3) is 22.6 Å². The van der Waals surface area contributed by atoms with Crippen LogP contribution in [0.2, 0.25) is 0 Å². The first kappa shape index (κ1) is 13.4. The number of carboxylic acid groups (broad SMARTS) is 1. The Hall–Kier alpha value is -2.62. The molecule has 1 heterocycles. The second kappa shape index (κ2) is 5.05. The van der Waals surface area contributed by atoms with E-state index in [-0.39, 0.29) is 0 Å². The van der Waals surface area contributed by atoms with Crippen molar-refractivity contribution < 1.29 is 14.3 Å². The van der Waals surface area contributed by atoms with Crippen molar-refractivity contribution in [2.24, 2.45) is 0 Å². The average Bonchev–Trinajstić information content (AvgIpc) is 2.90. The van der Waals surface area contributed by atoms with Crippen molar-refractivity contribution >= 4 is 17.1 Å². The lowest BCUT2D eigenvalue weighted by atomic mass is 10.0. The molecule has 0 bridgehead atoms. The van der Waals surface area contributed by atoms with Gasteiger partial charge in [-0.3, -0.25) is 4.79 Å². The molecule has 0 saturated heterocycles. The third-order valence-electron chi connectivity index (χ3n) is 3.58. The number of para-hydroxylation sites is 1. The first-order valence-electron chi connectivity index (χ1n) is 6.75. The second-order valence-corrected chi connectivity index (χ2v) is 5.14. The Morgan fingerprint density at radius 1 is 1.19 bits per heavy atom. The van der Waals surface area contributed by atoms with Gasteiger partial charge in [-0.25, -0.2) is 4.98 Å². The fourth-order valence-electron chi connectivity index (χ4n) is 2.26. The molecule has 0 spiro atoms. The van der Waals surface area contributed by atoms with Gasteiger partial charge in [-0.05, 0) is 32.0 Å². The van der Waals surface area contributed by atoms with E-state index >= 15 is 0 Å². The van der Waals surface area contributed by atoms with E-state index in [1.807, 2.05) is 37.3 Å². The van der Waals surface area contributed by atoms with Crippen molar-refractivity contribution in [1.29, 1.82) is 0 Å². The molecule has 0 aliphatic carbocycles. The lowest BCUT2D eigenvalue weighted by Crippen LogP contribution is -2.07. The number of aromatic nitrogens is 1. The first-order chi connectivity index (χ1) is 10.1. The van der Waals surface area contributed by atoms with E-state index in [9.17, 15) is 9.90 Å².